The van der Waals surface area contributed by atoms with Crippen molar-refractivity contribution >= 4 is 13.8 Å². The Kier molecular flexibility index (Phi) is 6.33. The predicted molar refractivity (Wildman–Crippen MR) is 71.4 cm³/mol. The number of nitrogens with zero attached hydrogens (tertiary/aromatic N) is 2. The van der Waals surface area contributed by atoms with Crippen LogP contribution in [-0.2, 0) is 20.2 Å². The molecular formula is C12H22N2O3P+. The summed E-state index contributed by atoms with van der Waals surface area (Å²) in [5.41, 5.74) is 0. The molecule has 0 unspecified atom stereocenters. The lowest BCUT2D eigenvalue weighted by Crippen LogP contribution is -2.31. The summed E-state index contributed by atoms with van der Waals surface area (Å²) in [5, 5.41) is 0. The van der Waals surface area contributed by atoms with Gasteiger partial charge in [0.1, 0.15) is 12.4 Å². The molecule has 0 saturated carbocycles. The van der Waals surface area contributed by atoms with Crippen molar-refractivity contribution in [3.05, 3.63) is 25.3 Å². The molecule has 1 aromatic heterocycles. The quantitative estimate of drug-likeness (QED) is 0.513. The zero-order chi connectivity index (χ0) is 13.4. The monoisotopic (exact) mass is 273 g/mol. The van der Waals surface area contributed by atoms with E-state index in [9.17, 15) is 4.57 Å². The highest BCUT2D eigenvalue weighted by Crippen LogP contribution is 2.48. The highest BCUT2D eigenvalue weighted by molar-refractivity contribution is 7.53. The highest BCUT2D eigenvalue weighted by Gasteiger charge is 2.23. The molecule has 5 nitrogen and oxygen atoms in total. The van der Waals surface area contributed by atoms with Crippen LogP contribution in [0.1, 0.15) is 20.3 Å². The highest BCUT2D eigenvalue weighted by atomic mass is 31.2. The summed E-state index contributed by atoms with van der Waals surface area (Å²) in [6.07, 6.45) is 8.72. The average Bonchev–Trinajstić information content (AvgIpc) is 2.77. The fraction of sp³-hybridized carbons (Fsp3) is 0.583. The Morgan fingerprint density at radius 1 is 1.39 bits per heavy atom. The van der Waals surface area contributed by atoms with E-state index >= 15 is 0 Å². The molecular weight excluding hydrogens is 251 g/mol. The van der Waals surface area contributed by atoms with E-state index in [0.717, 1.165) is 13.0 Å². The molecule has 18 heavy (non-hydrogen) atoms. The summed E-state index contributed by atoms with van der Waals surface area (Å²) in [6.45, 7) is 8.94. The molecule has 0 atom stereocenters. The van der Waals surface area contributed by atoms with Gasteiger partial charge in [0.15, 0.2) is 0 Å². The Bertz CT molecular complexity index is 407. The molecule has 102 valence electrons. The van der Waals surface area contributed by atoms with Crippen molar-refractivity contribution in [2.45, 2.75) is 26.8 Å². The van der Waals surface area contributed by atoms with E-state index in [4.69, 9.17) is 9.05 Å². The number of hydrogen-bond donors (Lipinski definition) is 0. The van der Waals surface area contributed by atoms with Gasteiger partial charge in [-0.2, -0.15) is 0 Å². The van der Waals surface area contributed by atoms with Crippen molar-refractivity contribution in [1.29, 1.82) is 0 Å². The number of hydrogen-bond acceptors (Lipinski definition) is 3. The van der Waals surface area contributed by atoms with Crippen LogP contribution in [-0.4, -0.2) is 23.9 Å². The van der Waals surface area contributed by atoms with Crippen LogP contribution >= 0.6 is 7.60 Å². The Morgan fingerprint density at radius 2 is 2.06 bits per heavy atom. The van der Waals surface area contributed by atoms with Crippen LogP contribution < -0.4 is 4.57 Å². The van der Waals surface area contributed by atoms with Crippen LogP contribution in [0.15, 0.2) is 25.3 Å². The Labute approximate surface area is 109 Å². The summed E-state index contributed by atoms with van der Waals surface area (Å²) in [6, 6.07) is 0. The molecule has 0 aliphatic rings. The molecule has 0 amide bonds. The van der Waals surface area contributed by atoms with Crippen molar-refractivity contribution in [3.8, 4) is 0 Å². The van der Waals surface area contributed by atoms with Crippen molar-refractivity contribution in [2.75, 3.05) is 19.4 Å². The summed E-state index contributed by atoms with van der Waals surface area (Å²) < 4.78 is 26.5. The maximum Gasteiger partial charge on any atom is 0.330 e. The Morgan fingerprint density at radius 3 is 2.56 bits per heavy atom. The van der Waals surface area contributed by atoms with Crippen LogP contribution in [0.2, 0.25) is 0 Å². The van der Waals surface area contributed by atoms with E-state index < -0.39 is 7.60 Å². The zero-order valence-electron chi connectivity index (χ0n) is 11.1. The van der Waals surface area contributed by atoms with Gasteiger partial charge in [-0.05, 0) is 20.3 Å². The largest absolute Gasteiger partial charge is 0.330 e. The fourth-order valence-electron chi connectivity index (χ4n) is 1.66. The minimum atomic E-state index is -2.90. The number of aromatic nitrogens is 2. The fourth-order valence-corrected chi connectivity index (χ4v) is 3.31. The van der Waals surface area contributed by atoms with Crippen molar-refractivity contribution < 1.29 is 18.2 Å². The zero-order valence-corrected chi connectivity index (χ0v) is 12.0. The summed E-state index contributed by atoms with van der Waals surface area (Å²) in [4.78, 5) is 0. The third-order valence-electron chi connectivity index (χ3n) is 2.42. The first kappa shape index (κ1) is 15.2. The molecule has 0 spiro atoms. The molecule has 1 aromatic rings. The molecule has 6 heteroatoms. The van der Waals surface area contributed by atoms with E-state index in [1.54, 1.807) is 6.20 Å². The minimum Gasteiger partial charge on any atom is -0.309 e. The molecule has 0 aromatic carbocycles. The van der Waals surface area contributed by atoms with Gasteiger partial charge in [-0.3, -0.25) is 4.57 Å². The van der Waals surface area contributed by atoms with Crippen LogP contribution in [0.25, 0.3) is 6.20 Å². The second-order valence-corrected chi connectivity index (χ2v) is 5.99. The molecule has 0 saturated heterocycles. The van der Waals surface area contributed by atoms with Gasteiger partial charge in [0.05, 0.1) is 32.1 Å². The molecule has 0 fully saturated rings. The smallest absolute Gasteiger partial charge is 0.309 e. The van der Waals surface area contributed by atoms with Gasteiger partial charge in [-0.25, -0.2) is 9.13 Å². The van der Waals surface area contributed by atoms with Crippen LogP contribution in [0.4, 0.5) is 0 Å². The maximum absolute atomic E-state index is 12.2. The van der Waals surface area contributed by atoms with E-state index in [1.807, 2.05) is 41.7 Å². The first-order chi connectivity index (χ1) is 8.63. The summed E-state index contributed by atoms with van der Waals surface area (Å²) in [7, 11) is -2.90. The van der Waals surface area contributed by atoms with Crippen LogP contribution in [0.5, 0.6) is 0 Å². The van der Waals surface area contributed by atoms with Gasteiger partial charge in [-0.15, -0.1) is 0 Å². The van der Waals surface area contributed by atoms with Crippen LogP contribution in [0, 0.1) is 0 Å². The van der Waals surface area contributed by atoms with E-state index in [-0.39, 0.29) is 0 Å². The second kappa shape index (κ2) is 7.52. The average molecular weight is 273 g/mol. The Balaban J connectivity index is 2.43. The molecule has 0 bridgehead atoms. The summed E-state index contributed by atoms with van der Waals surface area (Å²) >= 11 is 0. The standard InChI is InChI=1S/C12H22N2O3P/c1-4-13-9-10-14(12-13)8-7-11-18(15,16-5-2)17-6-3/h4,9-10,12H,1,5-8,11H2,2-3H3/q+1. The Hall–Kier alpha value is -0.900. The van der Waals surface area contributed by atoms with Gasteiger partial charge in [0.2, 0.25) is 6.33 Å². The van der Waals surface area contributed by atoms with E-state index in [2.05, 4.69) is 6.58 Å². The molecule has 0 aliphatic carbocycles. The number of imidazole rings is 1. The van der Waals surface area contributed by atoms with Gasteiger partial charge < -0.3 is 9.05 Å². The number of aryl methyl sites for hydroxylation is 1. The lowest BCUT2D eigenvalue weighted by molar-refractivity contribution is -0.696. The molecule has 0 aliphatic heterocycles. The third-order valence-corrected chi connectivity index (χ3v) is 4.59. The van der Waals surface area contributed by atoms with Gasteiger partial charge >= 0.3 is 7.60 Å². The molecule has 1 rings (SSSR count). The van der Waals surface area contributed by atoms with Crippen molar-refractivity contribution in [2.24, 2.45) is 0 Å². The lowest BCUT2D eigenvalue weighted by Gasteiger charge is -2.16. The van der Waals surface area contributed by atoms with Gasteiger partial charge in [-0.1, -0.05) is 6.58 Å². The predicted octanol–water partition coefficient (Wildman–Crippen LogP) is 2.53. The first-order valence-corrected chi connectivity index (χ1v) is 7.93. The molecule has 0 N–H and O–H groups in total. The summed E-state index contributed by atoms with van der Waals surface area (Å²) in [5.74, 6) is 0. The number of rotatable bonds is 9. The second-order valence-electron chi connectivity index (χ2n) is 3.80. The normalized spacial score (nSPS) is 11.7. The SMILES string of the molecule is C=Cn1cc[n+](CCCP(=O)(OCC)OCC)c1. The molecule has 1 heterocycles. The topological polar surface area (TPSA) is 44.3 Å². The van der Waals surface area contributed by atoms with Gasteiger partial charge in [0.25, 0.3) is 0 Å². The van der Waals surface area contributed by atoms with Crippen molar-refractivity contribution in [3.63, 3.8) is 0 Å². The maximum atomic E-state index is 12.2. The van der Waals surface area contributed by atoms with E-state index in [0.29, 0.717) is 19.4 Å². The minimum absolute atomic E-state index is 0.414. The third kappa shape index (κ3) is 4.77. The van der Waals surface area contributed by atoms with Gasteiger partial charge in [0, 0.05) is 0 Å². The molecule has 0 radical (unpaired) electrons. The van der Waals surface area contributed by atoms with Crippen molar-refractivity contribution in [1.82, 2.24) is 4.57 Å². The van der Waals surface area contributed by atoms with Crippen LogP contribution in [0.3, 0.4) is 0 Å². The first-order valence-electron chi connectivity index (χ1n) is 6.20. The lowest BCUT2D eigenvalue weighted by atomic mass is 10.5. The van der Waals surface area contributed by atoms with E-state index in [1.165, 1.54) is 0 Å².